The largest absolute Gasteiger partial charge is 0.354 e. The van der Waals surface area contributed by atoms with Crippen molar-refractivity contribution in [3.05, 3.63) is 40.9 Å². The van der Waals surface area contributed by atoms with Gasteiger partial charge >= 0.3 is 5.13 Å². The predicted molar refractivity (Wildman–Crippen MR) is 72.6 cm³/mol. The number of aromatic nitrogens is 2. The molecule has 0 radical (unpaired) electrons. The summed E-state index contributed by atoms with van der Waals surface area (Å²) in [5.74, 6) is 0.0163. The van der Waals surface area contributed by atoms with E-state index in [1.165, 1.54) is 16.0 Å². The second-order valence-electron chi connectivity index (χ2n) is 3.41. The monoisotopic (exact) mass is 314 g/mol. The highest BCUT2D eigenvalue weighted by molar-refractivity contribution is 8.93. The third kappa shape index (κ3) is 3.34. The van der Waals surface area contributed by atoms with Crippen molar-refractivity contribution in [2.75, 3.05) is 5.73 Å². The average Bonchev–Trinajstić information content (AvgIpc) is 2.59. The van der Waals surface area contributed by atoms with E-state index in [-0.39, 0.29) is 29.3 Å². The van der Waals surface area contributed by atoms with E-state index < -0.39 is 0 Å². The van der Waals surface area contributed by atoms with Crippen molar-refractivity contribution < 1.29 is 9.48 Å². The average molecular weight is 315 g/mol. The Hall–Kier alpha value is -1.27. The summed E-state index contributed by atoms with van der Waals surface area (Å²) in [4.78, 5) is 11.9. The second-order valence-corrected chi connectivity index (χ2v) is 4.62. The summed E-state index contributed by atoms with van der Waals surface area (Å²) >= 11 is 1.38. The van der Waals surface area contributed by atoms with Gasteiger partial charge in [-0.1, -0.05) is 35.4 Å². The molecule has 0 bridgehead atoms. The van der Waals surface area contributed by atoms with Gasteiger partial charge in [-0.05, 0) is 18.3 Å². The van der Waals surface area contributed by atoms with Crippen LogP contribution in [0.15, 0.2) is 30.3 Å². The van der Waals surface area contributed by atoms with Crippen LogP contribution in [0.4, 0.5) is 5.13 Å². The number of nitrogen functional groups attached to an aromatic ring is 1. The molecule has 0 saturated carbocycles. The molecule has 1 aromatic carbocycles. The number of rotatable bonds is 3. The number of anilines is 1. The minimum absolute atomic E-state index is 0. The van der Waals surface area contributed by atoms with Gasteiger partial charge in [0.2, 0.25) is 5.78 Å². The van der Waals surface area contributed by atoms with Crippen LogP contribution in [0.3, 0.4) is 0 Å². The maximum absolute atomic E-state index is 11.9. The fraction of sp³-hybridized carbons (Fsp3) is 0.182. The van der Waals surface area contributed by atoms with Gasteiger partial charge in [-0.2, -0.15) is 0 Å². The number of carbonyl (C=O) groups excluding carboxylic acids is 1. The van der Waals surface area contributed by atoms with E-state index in [1.54, 1.807) is 12.1 Å². The number of nitrogens with two attached hydrogens (primary N) is 1. The first kappa shape index (κ1) is 13.8. The first-order chi connectivity index (χ1) is 7.66. The van der Waals surface area contributed by atoms with Gasteiger partial charge in [0.15, 0.2) is 6.54 Å². The first-order valence-electron chi connectivity index (χ1n) is 4.88. The van der Waals surface area contributed by atoms with Gasteiger partial charge in [0.05, 0.1) is 0 Å². The van der Waals surface area contributed by atoms with Crippen molar-refractivity contribution in [3.63, 3.8) is 0 Å². The van der Waals surface area contributed by atoms with Crippen LogP contribution in [0.25, 0.3) is 0 Å². The summed E-state index contributed by atoms with van der Waals surface area (Å²) in [7, 11) is 0. The molecule has 0 fully saturated rings. The zero-order valence-electron chi connectivity index (χ0n) is 9.29. The zero-order chi connectivity index (χ0) is 11.5. The predicted octanol–water partition coefficient (Wildman–Crippen LogP) is 1.78. The lowest BCUT2D eigenvalue weighted by molar-refractivity contribution is -0.723. The lowest BCUT2D eigenvalue weighted by Gasteiger charge is -1.97. The number of carbonyl (C=O) groups is 1. The SMILES string of the molecule is Br.Cc1n[n+](CC(=O)c2ccccc2)c(N)s1. The van der Waals surface area contributed by atoms with E-state index in [4.69, 9.17) is 5.73 Å². The number of hydrogen-bond acceptors (Lipinski definition) is 4. The van der Waals surface area contributed by atoms with Gasteiger partial charge in [-0.15, -0.1) is 21.7 Å². The standard InChI is InChI=1S/C11H11N3OS.BrH/c1-8-13-14(11(12)16-8)7-10(15)9-5-3-2-4-6-9;/h2-6,12H,7H2,1H3;1H/p+1. The van der Waals surface area contributed by atoms with E-state index in [1.807, 2.05) is 25.1 Å². The first-order valence-corrected chi connectivity index (χ1v) is 5.70. The molecule has 0 aliphatic carbocycles. The Balaban J connectivity index is 0.00000144. The summed E-state index contributed by atoms with van der Waals surface area (Å²) in [6, 6.07) is 9.14. The lowest BCUT2D eigenvalue weighted by Crippen LogP contribution is -2.41. The topological polar surface area (TPSA) is 59.9 Å². The van der Waals surface area contributed by atoms with Crippen LogP contribution in [0.1, 0.15) is 15.4 Å². The highest BCUT2D eigenvalue weighted by Gasteiger charge is 2.16. The number of benzene rings is 1. The van der Waals surface area contributed by atoms with Crippen molar-refractivity contribution >= 4 is 39.2 Å². The van der Waals surface area contributed by atoms with Gasteiger partial charge in [0, 0.05) is 5.56 Å². The smallest absolute Gasteiger partial charge is 0.290 e. The minimum Gasteiger partial charge on any atom is -0.290 e. The van der Waals surface area contributed by atoms with Gasteiger partial charge in [0.1, 0.15) is 5.01 Å². The van der Waals surface area contributed by atoms with Crippen molar-refractivity contribution in [1.82, 2.24) is 5.10 Å². The lowest BCUT2D eigenvalue weighted by atomic mass is 10.1. The van der Waals surface area contributed by atoms with Crippen molar-refractivity contribution in [2.24, 2.45) is 0 Å². The fourth-order valence-electron chi connectivity index (χ4n) is 1.41. The van der Waals surface area contributed by atoms with Crippen LogP contribution < -0.4 is 10.4 Å². The molecule has 0 spiro atoms. The molecular formula is C11H13BrN3OS+. The Morgan fingerprint density at radius 2 is 2.06 bits per heavy atom. The number of ketones is 1. The summed E-state index contributed by atoms with van der Waals surface area (Å²) in [5.41, 5.74) is 6.42. The fourth-order valence-corrected chi connectivity index (χ4v) is 2.06. The van der Waals surface area contributed by atoms with Gasteiger partial charge < -0.3 is 0 Å². The molecule has 4 nitrogen and oxygen atoms in total. The van der Waals surface area contributed by atoms with Crippen molar-refractivity contribution in [1.29, 1.82) is 0 Å². The number of aryl methyl sites for hydroxylation is 1. The Morgan fingerprint density at radius 3 is 2.59 bits per heavy atom. The van der Waals surface area contributed by atoms with Crippen molar-refractivity contribution in [3.8, 4) is 0 Å². The maximum atomic E-state index is 11.9. The molecule has 1 heterocycles. The van der Waals surface area contributed by atoms with Gasteiger partial charge in [-0.25, -0.2) is 0 Å². The van der Waals surface area contributed by atoms with Crippen LogP contribution in [-0.4, -0.2) is 10.9 Å². The molecule has 0 atom stereocenters. The van der Waals surface area contributed by atoms with E-state index in [0.717, 1.165) is 5.01 Å². The van der Waals surface area contributed by atoms with Crippen LogP contribution >= 0.6 is 28.3 Å². The molecule has 0 unspecified atom stereocenters. The third-order valence-corrected chi connectivity index (χ3v) is 2.95. The van der Waals surface area contributed by atoms with E-state index in [0.29, 0.717) is 10.7 Å². The Bertz CT molecular complexity index is 513. The molecule has 0 aliphatic rings. The summed E-state index contributed by atoms with van der Waals surface area (Å²) in [6.45, 7) is 2.06. The molecule has 90 valence electrons. The second kappa shape index (κ2) is 5.88. The Kier molecular flexibility index (Phi) is 4.77. The normalized spacial score (nSPS) is 9.71. The number of hydrogen-bond donors (Lipinski definition) is 1. The zero-order valence-corrected chi connectivity index (χ0v) is 11.8. The van der Waals surface area contributed by atoms with Crippen molar-refractivity contribution in [2.45, 2.75) is 13.5 Å². The quantitative estimate of drug-likeness (QED) is 0.694. The van der Waals surface area contributed by atoms with E-state index in [2.05, 4.69) is 5.10 Å². The number of Topliss-reactive ketones (excluding diaryl/α,β-unsaturated/α-hetero) is 1. The van der Waals surface area contributed by atoms with E-state index >= 15 is 0 Å². The molecule has 0 aliphatic heterocycles. The molecule has 0 amide bonds. The highest BCUT2D eigenvalue weighted by Crippen LogP contribution is 2.08. The Morgan fingerprint density at radius 1 is 1.41 bits per heavy atom. The van der Waals surface area contributed by atoms with Crippen LogP contribution in [0, 0.1) is 6.92 Å². The molecule has 1 aromatic heterocycles. The van der Waals surface area contributed by atoms with Gasteiger partial charge in [-0.3, -0.25) is 10.5 Å². The highest BCUT2D eigenvalue weighted by atomic mass is 79.9. The summed E-state index contributed by atoms with van der Waals surface area (Å²) in [6.07, 6.45) is 0. The number of nitrogens with zero attached hydrogens (tertiary/aromatic N) is 2. The molecular weight excluding hydrogens is 302 g/mol. The molecule has 6 heteroatoms. The van der Waals surface area contributed by atoms with Gasteiger partial charge in [0.25, 0.3) is 0 Å². The van der Waals surface area contributed by atoms with E-state index in [9.17, 15) is 4.79 Å². The maximum Gasteiger partial charge on any atom is 0.354 e. The molecule has 2 rings (SSSR count). The minimum atomic E-state index is 0. The summed E-state index contributed by atoms with van der Waals surface area (Å²) in [5, 5.41) is 5.58. The van der Waals surface area contributed by atoms with Crippen LogP contribution in [0.5, 0.6) is 0 Å². The molecule has 2 aromatic rings. The summed E-state index contributed by atoms with van der Waals surface area (Å²) < 4.78 is 1.54. The molecule has 2 N–H and O–H groups in total. The van der Waals surface area contributed by atoms with Crippen LogP contribution in [-0.2, 0) is 6.54 Å². The Labute approximate surface area is 114 Å². The molecule has 17 heavy (non-hydrogen) atoms. The van der Waals surface area contributed by atoms with Crippen LogP contribution in [0.2, 0.25) is 0 Å². The number of halogens is 1. The molecule has 0 saturated heterocycles. The third-order valence-electron chi connectivity index (χ3n) is 2.16.